The highest BCUT2D eigenvalue weighted by molar-refractivity contribution is 5.43. The van der Waals surface area contributed by atoms with Crippen LogP contribution >= 0.6 is 0 Å². The number of hydrogen-bond acceptors (Lipinski definition) is 6. The van der Waals surface area contributed by atoms with Gasteiger partial charge in [-0.05, 0) is 6.92 Å². The van der Waals surface area contributed by atoms with Crippen molar-refractivity contribution in [1.29, 1.82) is 0 Å². The standard InChI is InChI=1S/C12H14FN3O4/c1-2-6-7(3-13)9(5-17)20-11(6)16-4-8(18)10(14)15-12(16)19/h2-4,9,11,17-18H,5H2,1H3,(H2,14,15,19)/b6-2+,7-3+. The van der Waals surface area contributed by atoms with E-state index in [1.165, 1.54) is 0 Å². The van der Waals surface area contributed by atoms with E-state index < -0.39 is 24.6 Å². The predicted octanol–water partition coefficient (Wildman–Crippen LogP) is 0.220. The SMILES string of the molecule is C/C=C1\C(=C/F)C(CO)OC1n1cc(O)c(N)nc1=O. The molecule has 0 amide bonds. The summed E-state index contributed by atoms with van der Waals surface area (Å²) in [7, 11) is 0. The molecule has 2 heterocycles. The molecule has 2 atom stereocenters. The number of rotatable bonds is 2. The van der Waals surface area contributed by atoms with Gasteiger partial charge in [0.05, 0.1) is 19.1 Å². The largest absolute Gasteiger partial charge is 0.503 e. The molecule has 20 heavy (non-hydrogen) atoms. The number of hydrogen-bond donors (Lipinski definition) is 3. The lowest BCUT2D eigenvalue weighted by Crippen LogP contribution is -2.28. The maximum atomic E-state index is 12.9. The van der Waals surface area contributed by atoms with Gasteiger partial charge in [0.2, 0.25) is 0 Å². The lowest BCUT2D eigenvalue weighted by molar-refractivity contribution is -0.00859. The highest BCUT2D eigenvalue weighted by atomic mass is 19.1. The number of anilines is 1. The van der Waals surface area contributed by atoms with Crippen LogP contribution in [0.1, 0.15) is 13.2 Å². The van der Waals surface area contributed by atoms with E-state index >= 15 is 0 Å². The molecule has 108 valence electrons. The van der Waals surface area contributed by atoms with Crippen molar-refractivity contribution >= 4 is 5.82 Å². The smallest absolute Gasteiger partial charge is 0.352 e. The summed E-state index contributed by atoms with van der Waals surface area (Å²) in [6.07, 6.45) is 1.08. The van der Waals surface area contributed by atoms with E-state index in [1.807, 2.05) is 0 Å². The molecule has 2 unspecified atom stereocenters. The lowest BCUT2D eigenvalue weighted by atomic mass is 10.0. The van der Waals surface area contributed by atoms with Gasteiger partial charge in [0.15, 0.2) is 17.8 Å². The van der Waals surface area contributed by atoms with Crippen molar-refractivity contribution in [3.05, 3.63) is 40.2 Å². The van der Waals surface area contributed by atoms with Crippen LogP contribution in [0.25, 0.3) is 0 Å². The summed E-state index contributed by atoms with van der Waals surface area (Å²) >= 11 is 0. The third kappa shape index (κ3) is 2.19. The molecule has 1 fully saturated rings. The summed E-state index contributed by atoms with van der Waals surface area (Å²) < 4.78 is 19.3. The zero-order valence-electron chi connectivity index (χ0n) is 10.7. The lowest BCUT2D eigenvalue weighted by Gasteiger charge is -2.15. The maximum absolute atomic E-state index is 12.9. The summed E-state index contributed by atoms with van der Waals surface area (Å²) in [6, 6.07) is 0. The van der Waals surface area contributed by atoms with Crippen molar-refractivity contribution in [3.8, 4) is 5.75 Å². The van der Waals surface area contributed by atoms with Gasteiger partial charge in [0.25, 0.3) is 0 Å². The van der Waals surface area contributed by atoms with E-state index in [2.05, 4.69) is 4.98 Å². The molecule has 1 aromatic heterocycles. The number of allylic oxidation sites excluding steroid dienone is 1. The quantitative estimate of drug-likeness (QED) is 0.716. The van der Waals surface area contributed by atoms with E-state index in [4.69, 9.17) is 10.5 Å². The molecule has 1 aromatic rings. The molecule has 0 spiro atoms. The fourth-order valence-electron chi connectivity index (χ4n) is 2.07. The minimum atomic E-state index is -0.981. The number of ether oxygens (including phenoxy) is 1. The van der Waals surface area contributed by atoms with Crippen molar-refractivity contribution in [2.45, 2.75) is 19.3 Å². The fraction of sp³-hybridized carbons (Fsp3) is 0.333. The van der Waals surface area contributed by atoms with Gasteiger partial charge in [0, 0.05) is 11.1 Å². The number of nitrogens with zero attached hydrogens (tertiary/aromatic N) is 2. The van der Waals surface area contributed by atoms with Crippen LogP contribution in [-0.2, 0) is 4.74 Å². The molecule has 2 rings (SSSR count). The van der Waals surface area contributed by atoms with Crippen molar-refractivity contribution in [1.82, 2.24) is 9.55 Å². The first kappa shape index (κ1) is 14.2. The first-order chi connectivity index (χ1) is 9.53. The third-order valence-electron chi connectivity index (χ3n) is 3.05. The number of nitrogen functional groups attached to an aromatic ring is 1. The van der Waals surface area contributed by atoms with E-state index in [1.54, 1.807) is 13.0 Å². The molecular weight excluding hydrogens is 269 g/mol. The summed E-state index contributed by atoms with van der Waals surface area (Å²) in [5, 5.41) is 18.7. The van der Waals surface area contributed by atoms with Gasteiger partial charge in [0.1, 0.15) is 6.10 Å². The van der Waals surface area contributed by atoms with Crippen LogP contribution in [0.2, 0.25) is 0 Å². The number of aromatic nitrogens is 2. The van der Waals surface area contributed by atoms with Crippen LogP contribution in [0.3, 0.4) is 0 Å². The number of aliphatic hydroxyl groups is 1. The van der Waals surface area contributed by atoms with Crippen LogP contribution in [0.4, 0.5) is 10.2 Å². The second-order valence-electron chi connectivity index (χ2n) is 4.17. The zero-order chi connectivity index (χ0) is 14.9. The van der Waals surface area contributed by atoms with Crippen LogP contribution in [0.5, 0.6) is 5.75 Å². The molecule has 0 aromatic carbocycles. The third-order valence-corrected chi connectivity index (χ3v) is 3.05. The molecule has 0 bridgehead atoms. The Morgan fingerprint density at radius 1 is 1.60 bits per heavy atom. The molecule has 7 nitrogen and oxygen atoms in total. The Bertz CT molecular complexity index is 638. The molecule has 0 aliphatic carbocycles. The highest BCUT2D eigenvalue weighted by Crippen LogP contribution is 2.38. The monoisotopic (exact) mass is 283 g/mol. The average Bonchev–Trinajstić information content (AvgIpc) is 2.80. The molecule has 4 N–H and O–H groups in total. The van der Waals surface area contributed by atoms with Gasteiger partial charge < -0.3 is 20.7 Å². The molecular formula is C12H14FN3O4. The topological polar surface area (TPSA) is 111 Å². The van der Waals surface area contributed by atoms with Crippen LogP contribution in [0, 0.1) is 0 Å². The highest BCUT2D eigenvalue weighted by Gasteiger charge is 2.36. The van der Waals surface area contributed by atoms with Crippen molar-refractivity contribution < 1.29 is 19.3 Å². The van der Waals surface area contributed by atoms with Crippen LogP contribution in [-0.4, -0.2) is 32.5 Å². The molecule has 0 saturated carbocycles. The summed E-state index contributed by atoms with van der Waals surface area (Å²) in [6.45, 7) is 1.21. The van der Waals surface area contributed by atoms with Crippen LogP contribution in [0.15, 0.2) is 34.5 Å². The Kier molecular flexibility index (Phi) is 3.86. The minimum absolute atomic E-state index is 0.142. The van der Waals surface area contributed by atoms with Gasteiger partial charge >= 0.3 is 5.69 Å². The van der Waals surface area contributed by atoms with Crippen LogP contribution < -0.4 is 11.4 Å². The first-order valence-corrected chi connectivity index (χ1v) is 5.84. The Labute approximate surface area is 113 Å². The number of aliphatic hydroxyl groups excluding tert-OH is 1. The van der Waals surface area contributed by atoms with Gasteiger partial charge in [-0.1, -0.05) is 6.08 Å². The molecule has 8 heteroatoms. The number of halogens is 1. The predicted molar refractivity (Wildman–Crippen MR) is 68.5 cm³/mol. The van der Waals surface area contributed by atoms with E-state index in [9.17, 15) is 19.4 Å². The van der Waals surface area contributed by atoms with Gasteiger partial charge in [-0.15, -0.1) is 0 Å². The Morgan fingerprint density at radius 3 is 2.85 bits per heavy atom. The van der Waals surface area contributed by atoms with E-state index in [0.717, 1.165) is 10.8 Å². The molecule has 1 saturated heterocycles. The minimum Gasteiger partial charge on any atom is -0.503 e. The second kappa shape index (κ2) is 5.43. The van der Waals surface area contributed by atoms with E-state index in [-0.39, 0.29) is 17.1 Å². The number of nitrogens with two attached hydrogens (primary N) is 1. The molecule has 1 aliphatic heterocycles. The Balaban J connectivity index is 2.53. The van der Waals surface area contributed by atoms with Gasteiger partial charge in [-0.25, -0.2) is 9.18 Å². The second-order valence-corrected chi connectivity index (χ2v) is 4.17. The maximum Gasteiger partial charge on any atom is 0.352 e. The van der Waals surface area contributed by atoms with Gasteiger partial charge in [-0.2, -0.15) is 4.98 Å². The Morgan fingerprint density at radius 2 is 2.30 bits per heavy atom. The molecule has 1 aliphatic rings. The van der Waals surface area contributed by atoms with Crippen molar-refractivity contribution in [3.63, 3.8) is 0 Å². The summed E-state index contributed by atoms with van der Waals surface area (Å²) in [5.41, 5.74) is 5.09. The van der Waals surface area contributed by atoms with Crippen molar-refractivity contribution in [2.75, 3.05) is 12.3 Å². The average molecular weight is 283 g/mol. The Hall–Kier alpha value is -2.19. The molecule has 0 radical (unpaired) electrons. The summed E-state index contributed by atoms with van der Waals surface area (Å²) in [5.74, 6) is -0.687. The van der Waals surface area contributed by atoms with E-state index in [0.29, 0.717) is 11.9 Å². The first-order valence-electron chi connectivity index (χ1n) is 5.84. The zero-order valence-corrected chi connectivity index (χ0v) is 10.7. The normalized spacial score (nSPS) is 26.6. The number of aromatic hydroxyl groups is 1. The summed E-state index contributed by atoms with van der Waals surface area (Å²) in [4.78, 5) is 15.2. The van der Waals surface area contributed by atoms with Crippen molar-refractivity contribution in [2.24, 2.45) is 0 Å². The fourth-order valence-corrected chi connectivity index (χ4v) is 2.07. The van der Waals surface area contributed by atoms with Gasteiger partial charge in [-0.3, -0.25) is 4.57 Å².